The van der Waals surface area contributed by atoms with E-state index < -0.39 is 23.5 Å². The highest BCUT2D eigenvalue weighted by atomic mass is 16.5. The van der Waals surface area contributed by atoms with Gasteiger partial charge in [0.2, 0.25) is 5.95 Å². The van der Waals surface area contributed by atoms with Gasteiger partial charge in [-0.3, -0.25) is 14.3 Å². The summed E-state index contributed by atoms with van der Waals surface area (Å²) >= 11 is 0. The van der Waals surface area contributed by atoms with E-state index in [1.165, 1.54) is 16.2 Å². The number of aryl methyl sites for hydroxylation is 2. The number of aromatic nitrogens is 4. The molecule has 10 heteroatoms. The Morgan fingerprint density at radius 3 is 2.59 bits per heavy atom. The number of rotatable bonds is 8. The van der Waals surface area contributed by atoms with Crippen molar-refractivity contribution in [3.05, 3.63) is 50.7 Å². The second-order valence-corrected chi connectivity index (χ2v) is 7.04. The number of H-pyrrole nitrogens is 1. The standard InChI is InChI=1S/C19H25N5O5/c1-11-4-6-14(7-5-11)29-10-13(26)9-24-15-16(21-18(24)20-8-12(2)25)23(3)19(28)22-17(15)27/h4-7,12-13,25-26H,8-10H2,1-3H3,(H,20,21)(H,22,27,28)/t12-,13-/m0/s1. The summed E-state index contributed by atoms with van der Waals surface area (Å²) in [5.41, 5.74) is 0.236. The van der Waals surface area contributed by atoms with Gasteiger partial charge in [-0.25, -0.2) is 4.79 Å². The number of aromatic amines is 1. The number of aliphatic hydroxyl groups is 2. The Hall–Kier alpha value is -3.11. The lowest BCUT2D eigenvalue weighted by atomic mass is 10.2. The molecule has 0 spiro atoms. The van der Waals surface area contributed by atoms with Crippen LogP contribution in [0.5, 0.6) is 5.75 Å². The van der Waals surface area contributed by atoms with Crippen LogP contribution < -0.4 is 21.3 Å². The molecule has 2 aromatic heterocycles. The summed E-state index contributed by atoms with van der Waals surface area (Å²) in [5, 5.41) is 23.0. The fourth-order valence-corrected chi connectivity index (χ4v) is 2.88. The zero-order valence-electron chi connectivity index (χ0n) is 16.5. The van der Waals surface area contributed by atoms with Gasteiger partial charge in [-0.1, -0.05) is 17.7 Å². The lowest BCUT2D eigenvalue weighted by molar-refractivity contribution is 0.0938. The van der Waals surface area contributed by atoms with Crippen molar-refractivity contribution < 1.29 is 14.9 Å². The first kappa shape index (κ1) is 20.6. The van der Waals surface area contributed by atoms with Crippen LogP contribution in [-0.4, -0.2) is 54.7 Å². The van der Waals surface area contributed by atoms with E-state index in [4.69, 9.17) is 4.74 Å². The Morgan fingerprint density at radius 1 is 1.24 bits per heavy atom. The van der Waals surface area contributed by atoms with Crippen molar-refractivity contribution in [3.8, 4) is 5.75 Å². The van der Waals surface area contributed by atoms with Crippen molar-refractivity contribution in [2.24, 2.45) is 7.05 Å². The summed E-state index contributed by atoms with van der Waals surface area (Å²) < 4.78 is 8.31. The summed E-state index contributed by atoms with van der Waals surface area (Å²) in [6.45, 7) is 3.77. The second-order valence-electron chi connectivity index (χ2n) is 7.04. The van der Waals surface area contributed by atoms with Crippen molar-refractivity contribution in [2.45, 2.75) is 32.6 Å². The van der Waals surface area contributed by atoms with E-state index in [1.54, 1.807) is 6.92 Å². The van der Waals surface area contributed by atoms with E-state index in [0.717, 1.165) is 5.56 Å². The van der Waals surface area contributed by atoms with Crippen molar-refractivity contribution in [3.63, 3.8) is 0 Å². The molecule has 0 fully saturated rings. The van der Waals surface area contributed by atoms with Gasteiger partial charge in [0.15, 0.2) is 11.2 Å². The quantitative estimate of drug-likeness (QED) is 0.415. The molecule has 1 aromatic carbocycles. The minimum atomic E-state index is -0.947. The Balaban J connectivity index is 1.88. The average Bonchev–Trinajstić information content (AvgIpc) is 3.03. The summed E-state index contributed by atoms with van der Waals surface area (Å²) in [6, 6.07) is 7.43. The molecule has 0 aliphatic heterocycles. The third-order valence-electron chi connectivity index (χ3n) is 4.42. The molecule has 3 aromatic rings. The minimum absolute atomic E-state index is 0.00223. The maximum Gasteiger partial charge on any atom is 0.329 e. The first-order valence-corrected chi connectivity index (χ1v) is 9.25. The number of nitrogens with one attached hydrogen (secondary N) is 2. The van der Waals surface area contributed by atoms with Crippen LogP contribution in [0, 0.1) is 6.92 Å². The van der Waals surface area contributed by atoms with Crippen LogP contribution in [0.2, 0.25) is 0 Å². The van der Waals surface area contributed by atoms with Gasteiger partial charge in [0.05, 0.1) is 12.6 Å². The number of nitrogens with zero attached hydrogens (tertiary/aromatic N) is 3. The number of imidazole rings is 1. The number of benzene rings is 1. The van der Waals surface area contributed by atoms with E-state index in [2.05, 4.69) is 15.3 Å². The summed E-state index contributed by atoms with van der Waals surface area (Å²) in [5.74, 6) is 0.889. The van der Waals surface area contributed by atoms with E-state index >= 15 is 0 Å². The van der Waals surface area contributed by atoms with Gasteiger partial charge in [0.25, 0.3) is 5.56 Å². The van der Waals surface area contributed by atoms with E-state index in [9.17, 15) is 19.8 Å². The Kier molecular flexibility index (Phi) is 6.04. The fourth-order valence-electron chi connectivity index (χ4n) is 2.88. The molecule has 2 atom stereocenters. The van der Waals surface area contributed by atoms with E-state index in [1.807, 2.05) is 31.2 Å². The van der Waals surface area contributed by atoms with E-state index in [-0.39, 0.29) is 36.8 Å². The SMILES string of the molecule is Cc1ccc(OC[C@@H](O)Cn2c(NC[C@H](C)O)nc3c2c(=O)[nH]c(=O)n3C)cc1. The van der Waals surface area contributed by atoms with Gasteiger partial charge in [-0.05, 0) is 26.0 Å². The van der Waals surface area contributed by atoms with Gasteiger partial charge < -0.3 is 24.8 Å². The molecule has 0 saturated carbocycles. The first-order chi connectivity index (χ1) is 13.8. The third-order valence-corrected chi connectivity index (χ3v) is 4.42. The molecule has 0 aliphatic carbocycles. The molecule has 3 rings (SSSR count). The van der Waals surface area contributed by atoms with Crippen LogP contribution in [0.1, 0.15) is 12.5 Å². The predicted molar refractivity (Wildman–Crippen MR) is 108 cm³/mol. The largest absolute Gasteiger partial charge is 0.491 e. The molecule has 0 bridgehead atoms. The number of fused-ring (bicyclic) bond motifs is 1. The lowest BCUT2D eigenvalue weighted by Crippen LogP contribution is -2.31. The zero-order chi connectivity index (χ0) is 21.1. The third kappa shape index (κ3) is 4.66. The van der Waals surface area contributed by atoms with Crippen LogP contribution in [0.15, 0.2) is 33.9 Å². The van der Waals surface area contributed by atoms with Crippen molar-refractivity contribution >= 4 is 17.1 Å². The van der Waals surface area contributed by atoms with E-state index in [0.29, 0.717) is 5.75 Å². The molecular weight excluding hydrogens is 378 g/mol. The number of ether oxygens (including phenoxy) is 1. The van der Waals surface area contributed by atoms with Crippen LogP contribution in [-0.2, 0) is 13.6 Å². The number of aliphatic hydroxyl groups excluding tert-OH is 2. The summed E-state index contributed by atoms with van der Waals surface area (Å²) in [7, 11) is 1.49. The zero-order valence-corrected chi connectivity index (χ0v) is 16.5. The lowest BCUT2D eigenvalue weighted by Gasteiger charge is -2.16. The predicted octanol–water partition coefficient (Wildman–Crippen LogP) is -0.0357. The topological polar surface area (TPSA) is 134 Å². The second kappa shape index (κ2) is 8.50. The maximum absolute atomic E-state index is 12.4. The van der Waals surface area contributed by atoms with Gasteiger partial charge in [-0.15, -0.1) is 0 Å². The van der Waals surface area contributed by atoms with Crippen molar-refractivity contribution in [1.82, 2.24) is 19.1 Å². The Bertz CT molecular complexity index is 1100. The average molecular weight is 403 g/mol. The molecule has 0 aliphatic rings. The van der Waals surface area contributed by atoms with Gasteiger partial charge in [-0.2, -0.15) is 4.98 Å². The molecule has 0 unspecified atom stereocenters. The van der Waals surface area contributed by atoms with Crippen molar-refractivity contribution in [1.29, 1.82) is 0 Å². The molecule has 0 radical (unpaired) electrons. The molecule has 29 heavy (non-hydrogen) atoms. The normalized spacial score (nSPS) is 13.4. The van der Waals surface area contributed by atoms with Crippen molar-refractivity contribution in [2.75, 3.05) is 18.5 Å². The highest BCUT2D eigenvalue weighted by Gasteiger charge is 2.20. The summed E-state index contributed by atoms with van der Waals surface area (Å²) in [4.78, 5) is 30.8. The fraction of sp³-hybridized carbons (Fsp3) is 0.421. The van der Waals surface area contributed by atoms with Crippen LogP contribution in [0.3, 0.4) is 0 Å². The van der Waals surface area contributed by atoms with Gasteiger partial charge in [0.1, 0.15) is 18.5 Å². The molecule has 0 amide bonds. The molecule has 10 nitrogen and oxygen atoms in total. The Morgan fingerprint density at radius 2 is 1.93 bits per heavy atom. The molecule has 156 valence electrons. The highest BCUT2D eigenvalue weighted by Crippen LogP contribution is 2.17. The van der Waals surface area contributed by atoms with Gasteiger partial charge in [0, 0.05) is 13.6 Å². The van der Waals surface area contributed by atoms with Gasteiger partial charge >= 0.3 is 5.69 Å². The monoisotopic (exact) mass is 403 g/mol. The molecule has 0 saturated heterocycles. The highest BCUT2D eigenvalue weighted by molar-refractivity contribution is 5.74. The van der Waals surface area contributed by atoms with Crippen LogP contribution in [0.4, 0.5) is 5.95 Å². The van der Waals surface area contributed by atoms with Crippen LogP contribution in [0.25, 0.3) is 11.2 Å². The minimum Gasteiger partial charge on any atom is -0.491 e. The molecule has 2 heterocycles. The first-order valence-electron chi connectivity index (χ1n) is 9.25. The molecular formula is C19H25N5O5. The number of anilines is 1. The Labute approximate surface area is 166 Å². The molecule has 4 N–H and O–H groups in total. The maximum atomic E-state index is 12.4. The number of hydrogen-bond donors (Lipinski definition) is 4. The summed E-state index contributed by atoms with van der Waals surface area (Å²) in [6.07, 6.45) is -1.60. The van der Waals surface area contributed by atoms with Crippen LogP contribution >= 0.6 is 0 Å². The smallest absolute Gasteiger partial charge is 0.329 e. The number of hydrogen-bond acceptors (Lipinski definition) is 7.